The summed E-state index contributed by atoms with van der Waals surface area (Å²) in [6.07, 6.45) is 3.79. The predicted octanol–water partition coefficient (Wildman–Crippen LogP) is 0.0290. The molecule has 0 aromatic carbocycles. The highest BCUT2D eigenvalue weighted by Crippen LogP contribution is 2.18. The van der Waals surface area contributed by atoms with Gasteiger partial charge in [0.1, 0.15) is 17.9 Å². The number of nitrogen functional groups attached to an aromatic ring is 1. The first-order chi connectivity index (χ1) is 8.65. The van der Waals surface area contributed by atoms with E-state index in [-0.39, 0.29) is 11.6 Å². The van der Waals surface area contributed by atoms with Crippen LogP contribution < -0.4 is 5.73 Å². The molecule has 3 rings (SSSR count). The molecule has 10 heteroatoms. The highest BCUT2D eigenvalue weighted by molar-refractivity contribution is 5.78. The molecule has 0 amide bonds. The molecule has 0 bridgehead atoms. The molecule has 0 spiro atoms. The molecule has 10 nitrogen and oxygen atoms in total. The van der Waals surface area contributed by atoms with Gasteiger partial charge in [-0.15, -0.1) is 0 Å². The van der Waals surface area contributed by atoms with Crippen molar-refractivity contribution in [2.75, 3.05) is 5.73 Å². The molecule has 3 N–H and O–H groups in total. The number of aromatic amines is 1. The highest BCUT2D eigenvalue weighted by Gasteiger charge is 2.15. The van der Waals surface area contributed by atoms with Crippen LogP contribution in [0.4, 0.5) is 11.6 Å². The minimum atomic E-state index is -0.543. The van der Waals surface area contributed by atoms with Gasteiger partial charge in [0, 0.05) is 0 Å². The van der Waals surface area contributed by atoms with Crippen LogP contribution in [0.2, 0.25) is 0 Å². The summed E-state index contributed by atoms with van der Waals surface area (Å²) in [7, 11) is 0. The third-order valence-corrected chi connectivity index (χ3v) is 2.28. The lowest BCUT2D eigenvalue weighted by Crippen LogP contribution is -2.04. The second kappa shape index (κ2) is 3.48. The number of H-pyrrole nitrogens is 1. The van der Waals surface area contributed by atoms with E-state index < -0.39 is 4.92 Å². The van der Waals surface area contributed by atoms with Crippen molar-refractivity contribution in [2.45, 2.75) is 0 Å². The summed E-state index contributed by atoms with van der Waals surface area (Å²) in [5.41, 5.74) is 6.27. The van der Waals surface area contributed by atoms with Gasteiger partial charge in [-0.1, -0.05) is 0 Å². The zero-order valence-electron chi connectivity index (χ0n) is 8.81. The predicted molar refractivity (Wildman–Crippen MR) is 59.9 cm³/mol. The summed E-state index contributed by atoms with van der Waals surface area (Å²) < 4.78 is 1.25. The molecule has 18 heavy (non-hydrogen) atoms. The number of rotatable bonds is 2. The number of hydrogen-bond donors (Lipinski definition) is 2. The SMILES string of the molecule is Nc1nc(-n2cc([N+](=O)[O-])cn2)c2[nH]cnc2n1. The number of nitrogens with zero attached hydrogens (tertiary/aromatic N) is 6. The molecule has 0 aliphatic carbocycles. The Morgan fingerprint density at radius 3 is 3.00 bits per heavy atom. The lowest BCUT2D eigenvalue weighted by atomic mass is 10.5. The molecular weight excluding hydrogens is 240 g/mol. The average molecular weight is 246 g/mol. The molecule has 0 radical (unpaired) electrons. The Morgan fingerprint density at radius 1 is 1.44 bits per heavy atom. The molecule has 3 aromatic rings. The fourth-order valence-electron chi connectivity index (χ4n) is 1.52. The number of nitro groups is 1. The maximum Gasteiger partial charge on any atom is 0.307 e. The van der Waals surface area contributed by atoms with E-state index in [4.69, 9.17) is 5.73 Å². The molecule has 0 aliphatic heterocycles. The minimum Gasteiger partial charge on any atom is -0.368 e. The van der Waals surface area contributed by atoms with Crippen molar-refractivity contribution in [3.8, 4) is 5.82 Å². The number of anilines is 1. The van der Waals surface area contributed by atoms with Gasteiger partial charge in [0.15, 0.2) is 11.5 Å². The van der Waals surface area contributed by atoms with E-state index in [0.717, 1.165) is 6.20 Å². The van der Waals surface area contributed by atoms with Crippen LogP contribution in [0.3, 0.4) is 0 Å². The molecule has 0 fully saturated rings. The van der Waals surface area contributed by atoms with Gasteiger partial charge in [-0.2, -0.15) is 15.1 Å². The van der Waals surface area contributed by atoms with Crippen molar-refractivity contribution < 1.29 is 4.92 Å². The van der Waals surface area contributed by atoms with Crippen LogP contribution in [0.15, 0.2) is 18.7 Å². The van der Waals surface area contributed by atoms with Crippen LogP contribution >= 0.6 is 0 Å². The highest BCUT2D eigenvalue weighted by atomic mass is 16.6. The first kappa shape index (κ1) is 10.1. The number of aromatic nitrogens is 6. The van der Waals surface area contributed by atoms with E-state index in [2.05, 4.69) is 25.0 Å². The van der Waals surface area contributed by atoms with Crippen LogP contribution in [0.25, 0.3) is 17.0 Å². The fourth-order valence-corrected chi connectivity index (χ4v) is 1.52. The Morgan fingerprint density at radius 2 is 2.28 bits per heavy atom. The maximum atomic E-state index is 10.6. The number of imidazole rings is 1. The van der Waals surface area contributed by atoms with Crippen molar-refractivity contribution in [1.29, 1.82) is 0 Å². The van der Waals surface area contributed by atoms with E-state index in [1.807, 2.05) is 0 Å². The molecule has 3 aromatic heterocycles. The quantitative estimate of drug-likeness (QED) is 0.479. The molecule has 0 saturated heterocycles. The summed E-state index contributed by atoms with van der Waals surface area (Å²) in [4.78, 5) is 24.7. The van der Waals surface area contributed by atoms with Crippen molar-refractivity contribution in [1.82, 2.24) is 29.7 Å². The largest absolute Gasteiger partial charge is 0.368 e. The standard InChI is InChI=1S/C8H6N8O2/c9-8-13-6-5(10-3-11-6)7(14-8)15-2-4(1-12-15)16(17)18/h1-3H,(H3,9,10,11,13,14). The van der Waals surface area contributed by atoms with Crippen LogP contribution in [-0.2, 0) is 0 Å². The summed E-state index contributed by atoms with van der Waals surface area (Å²) in [6, 6.07) is 0. The molecule has 90 valence electrons. The van der Waals surface area contributed by atoms with Gasteiger partial charge < -0.3 is 10.7 Å². The second-order valence-corrected chi connectivity index (χ2v) is 3.41. The summed E-state index contributed by atoms with van der Waals surface area (Å²) in [5.74, 6) is 0.325. The molecule has 0 unspecified atom stereocenters. The Bertz CT molecular complexity index is 744. The fraction of sp³-hybridized carbons (Fsp3) is 0. The first-order valence-corrected chi connectivity index (χ1v) is 4.81. The minimum absolute atomic E-state index is 0.0164. The average Bonchev–Trinajstić information content (AvgIpc) is 2.95. The topological polar surface area (TPSA) is 141 Å². The van der Waals surface area contributed by atoms with Crippen LogP contribution in [0, 0.1) is 10.1 Å². The number of hydrogen-bond acceptors (Lipinski definition) is 7. The van der Waals surface area contributed by atoms with E-state index in [9.17, 15) is 10.1 Å². The van der Waals surface area contributed by atoms with Crippen LogP contribution in [-0.4, -0.2) is 34.6 Å². The van der Waals surface area contributed by atoms with Gasteiger partial charge in [0.2, 0.25) is 5.95 Å². The summed E-state index contributed by atoms with van der Waals surface area (Å²) in [6.45, 7) is 0. The van der Waals surface area contributed by atoms with E-state index in [0.29, 0.717) is 17.0 Å². The molecule has 3 heterocycles. The van der Waals surface area contributed by atoms with Gasteiger partial charge in [-0.05, 0) is 0 Å². The van der Waals surface area contributed by atoms with Crippen molar-refractivity contribution in [2.24, 2.45) is 0 Å². The number of fused-ring (bicyclic) bond motifs is 1. The van der Waals surface area contributed by atoms with Gasteiger partial charge in [0.25, 0.3) is 0 Å². The summed E-state index contributed by atoms with van der Waals surface area (Å²) >= 11 is 0. The number of nitrogens with two attached hydrogens (primary N) is 1. The monoisotopic (exact) mass is 246 g/mol. The third kappa shape index (κ3) is 1.43. The lowest BCUT2D eigenvalue weighted by molar-refractivity contribution is -0.384. The second-order valence-electron chi connectivity index (χ2n) is 3.41. The summed E-state index contributed by atoms with van der Waals surface area (Å²) in [5, 5.41) is 14.5. The normalized spacial score (nSPS) is 10.9. The Kier molecular flexibility index (Phi) is 1.96. The number of nitrogens with one attached hydrogen (secondary N) is 1. The smallest absolute Gasteiger partial charge is 0.307 e. The van der Waals surface area contributed by atoms with Gasteiger partial charge in [-0.3, -0.25) is 10.1 Å². The Hall–Kier alpha value is -3.04. The Balaban J connectivity index is 2.23. The zero-order valence-corrected chi connectivity index (χ0v) is 8.81. The van der Waals surface area contributed by atoms with E-state index >= 15 is 0 Å². The van der Waals surface area contributed by atoms with E-state index in [1.165, 1.54) is 17.2 Å². The van der Waals surface area contributed by atoms with Gasteiger partial charge in [0.05, 0.1) is 11.3 Å². The lowest BCUT2D eigenvalue weighted by Gasteiger charge is -2.01. The van der Waals surface area contributed by atoms with Gasteiger partial charge >= 0.3 is 5.69 Å². The van der Waals surface area contributed by atoms with E-state index in [1.54, 1.807) is 0 Å². The molecular formula is C8H6N8O2. The Labute approximate surface area is 98.6 Å². The molecule has 0 saturated carbocycles. The van der Waals surface area contributed by atoms with Crippen molar-refractivity contribution in [3.05, 3.63) is 28.8 Å². The molecule has 0 aliphatic rings. The first-order valence-electron chi connectivity index (χ1n) is 4.81. The molecule has 0 atom stereocenters. The van der Waals surface area contributed by atoms with Crippen molar-refractivity contribution in [3.63, 3.8) is 0 Å². The van der Waals surface area contributed by atoms with Gasteiger partial charge in [-0.25, -0.2) is 9.67 Å². The van der Waals surface area contributed by atoms with Crippen LogP contribution in [0.5, 0.6) is 0 Å². The zero-order chi connectivity index (χ0) is 12.7. The van der Waals surface area contributed by atoms with Crippen LogP contribution in [0.1, 0.15) is 0 Å². The maximum absolute atomic E-state index is 10.6. The third-order valence-electron chi connectivity index (χ3n) is 2.28. The van der Waals surface area contributed by atoms with Crippen molar-refractivity contribution >= 4 is 22.8 Å².